The average Bonchev–Trinajstić information content (AvgIpc) is 2.13. The molecule has 11 heavy (non-hydrogen) atoms. The molecule has 1 aliphatic heterocycles. The smallest absolute Gasteiger partial charge is 0.0543 e. The molecule has 0 aromatic carbocycles. The summed E-state index contributed by atoms with van der Waals surface area (Å²) in [5, 5.41) is 0. The van der Waals surface area contributed by atoms with Crippen LogP contribution >= 0.6 is 23.2 Å². The molecule has 0 radical (unpaired) electrons. The molecule has 6 heteroatoms. The molecule has 0 atom stereocenters. The summed E-state index contributed by atoms with van der Waals surface area (Å²) in [5.41, 5.74) is 5.28. The first-order valence-electron chi connectivity index (χ1n) is 3.38. The van der Waals surface area contributed by atoms with Crippen molar-refractivity contribution in [3.05, 3.63) is 0 Å². The van der Waals surface area contributed by atoms with Crippen LogP contribution in [0.3, 0.4) is 0 Å². The van der Waals surface area contributed by atoms with Crippen molar-refractivity contribution in [2.75, 3.05) is 25.4 Å². The van der Waals surface area contributed by atoms with Crippen LogP contribution in [0.2, 0.25) is 0 Å². The van der Waals surface area contributed by atoms with E-state index in [9.17, 15) is 9.11 Å². The molecule has 0 bridgehead atoms. The van der Waals surface area contributed by atoms with E-state index in [4.69, 9.17) is 5.73 Å². The lowest BCUT2D eigenvalue weighted by molar-refractivity contribution is 0.383. The van der Waals surface area contributed by atoms with Crippen LogP contribution in [0, 0.1) is 0 Å². The van der Waals surface area contributed by atoms with Gasteiger partial charge in [-0.2, -0.15) is 0 Å². The van der Waals surface area contributed by atoms with E-state index in [0.29, 0.717) is 18.8 Å². The highest BCUT2D eigenvalue weighted by molar-refractivity contribution is 8.22. The maximum atomic E-state index is 9.29. The lowest BCUT2D eigenvalue weighted by Gasteiger charge is -2.36. The Morgan fingerprint density at radius 3 is 2.45 bits per heavy atom. The standard InChI is InChI=1S/C5H14N2O2S.ClH/c6-2-4-7-3-1-5-10(7,8)9;/h8-9H,1-6H2;1H. The molecule has 0 unspecified atom stereocenters. The predicted octanol–water partition coefficient (Wildman–Crippen LogP) is 0.738. The molecule has 0 spiro atoms. The third-order valence-corrected chi connectivity index (χ3v) is 3.65. The van der Waals surface area contributed by atoms with Gasteiger partial charge in [-0.25, -0.2) is 4.31 Å². The number of rotatable bonds is 2. The second kappa shape index (κ2) is 4.49. The number of hydrogen-bond acceptors (Lipinski definition) is 4. The van der Waals surface area contributed by atoms with Gasteiger partial charge in [0, 0.05) is 19.6 Å². The van der Waals surface area contributed by atoms with Gasteiger partial charge in [-0.15, -0.1) is 23.2 Å². The Kier molecular flexibility index (Phi) is 4.69. The first kappa shape index (κ1) is 11.5. The summed E-state index contributed by atoms with van der Waals surface area (Å²) in [6, 6.07) is 0. The highest BCUT2D eigenvalue weighted by Gasteiger charge is 2.27. The Hall–Kier alpha value is 0.480. The number of hydrogen-bond donors (Lipinski definition) is 3. The van der Waals surface area contributed by atoms with Crippen molar-refractivity contribution in [3.8, 4) is 0 Å². The molecular formula is C5H15ClN2O2S. The quantitative estimate of drug-likeness (QED) is 0.618. The SMILES string of the molecule is Cl.NCCN1CCCS1(O)O. The molecule has 0 aromatic heterocycles. The maximum Gasteiger partial charge on any atom is 0.0543 e. The summed E-state index contributed by atoms with van der Waals surface area (Å²) >= 11 is 0. The van der Waals surface area contributed by atoms with E-state index >= 15 is 0 Å². The minimum absolute atomic E-state index is 0. The first-order valence-corrected chi connectivity index (χ1v) is 5.05. The second-order valence-corrected chi connectivity index (χ2v) is 4.60. The van der Waals surface area contributed by atoms with Crippen molar-refractivity contribution in [2.24, 2.45) is 5.73 Å². The zero-order chi connectivity index (χ0) is 7.61. The lowest BCUT2D eigenvalue weighted by atomic mass is 10.5. The normalized spacial score (nSPS) is 26.1. The Balaban J connectivity index is 0.000001000. The average molecular weight is 203 g/mol. The van der Waals surface area contributed by atoms with Crippen LogP contribution in [0.1, 0.15) is 6.42 Å². The minimum Gasteiger partial charge on any atom is -0.329 e. The summed E-state index contributed by atoms with van der Waals surface area (Å²) in [5.74, 6) is 0.521. The van der Waals surface area contributed by atoms with E-state index < -0.39 is 10.8 Å². The van der Waals surface area contributed by atoms with Crippen LogP contribution in [0.25, 0.3) is 0 Å². The fourth-order valence-corrected chi connectivity index (χ4v) is 2.71. The van der Waals surface area contributed by atoms with Crippen molar-refractivity contribution >= 4 is 23.2 Å². The Morgan fingerprint density at radius 2 is 2.09 bits per heavy atom. The molecule has 4 N–H and O–H groups in total. The van der Waals surface area contributed by atoms with E-state index in [0.717, 1.165) is 13.0 Å². The van der Waals surface area contributed by atoms with E-state index in [-0.39, 0.29) is 12.4 Å². The Morgan fingerprint density at radius 1 is 1.45 bits per heavy atom. The summed E-state index contributed by atoms with van der Waals surface area (Å²) in [4.78, 5) is 0. The topological polar surface area (TPSA) is 69.7 Å². The molecule has 1 rings (SSSR count). The highest BCUT2D eigenvalue weighted by Crippen LogP contribution is 2.47. The molecule has 1 heterocycles. The van der Waals surface area contributed by atoms with Gasteiger partial charge in [0.25, 0.3) is 0 Å². The molecule has 0 aromatic rings. The lowest BCUT2D eigenvalue weighted by Crippen LogP contribution is -2.28. The monoisotopic (exact) mass is 202 g/mol. The van der Waals surface area contributed by atoms with Gasteiger partial charge < -0.3 is 5.73 Å². The van der Waals surface area contributed by atoms with Crippen molar-refractivity contribution in [2.45, 2.75) is 6.42 Å². The first-order chi connectivity index (χ1) is 4.67. The molecule has 0 amide bonds. The number of nitrogens with two attached hydrogens (primary N) is 1. The van der Waals surface area contributed by atoms with Crippen molar-refractivity contribution < 1.29 is 9.11 Å². The molecule has 1 saturated heterocycles. The van der Waals surface area contributed by atoms with Gasteiger partial charge in [0.1, 0.15) is 0 Å². The van der Waals surface area contributed by atoms with Gasteiger partial charge in [0.2, 0.25) is 0 Å². The number of nitrogens with zero attached hydrogens (tertiary/aromatic N) is 1. The molecule has 1 aliphatic rings. The van der Waals surface area contributed by atoms with E-state index in [1.54, 1.807) is 4.31 Å². The van der Waals surface area contributed by atoms with Gasteiger partial charge in [-0.1, -0.05) is 0 Å². The second-order valence-electron chi connectivity index (χ2n) is 2.41. The van der Waals surface area contributed by atoms with Crippen molar-refractivity contribution in [1.29, 1.82) is 0 Å². The van der Waals surface area contributed by atoms with Gasteiger partial charge in [-0.3, -0.25) is 9.11 Å². The number of halogens is 1. The summed E-state index contributed by atoms with van der Waals surface area (Å²) < 4.78 is 20.3. The highest BCUT2D eigenvalue weighted by atomic mass is 35.5. The largest absolute Gasteiger partial charge is 0.329 e. The van der Waals surface area contributed by atoms with Gasteiger partial charge in [-0.05, 0) is 6.42 Å². The molecule has 0 saturated carbocycles. The van der Waals surface area contributed by atoms with Crippen LogP contribution in [0.15, 0.2) is 0 Å². The van der Waals surface area contributed by atoms with Crippen LogP contribution in [-0.4, -0.2) is 38.8 Å². The zero-order valence-electron chi connectivity index (χ0n) is 6.27. The van der Waals surface area contributed by atoms with E-state index in [2.05, 4.69) is 0 Å². The van der Waals surface area contributed by atoms with Crippen LogP contribution in [-0.2, 0) is 0 Å². The van der Waals surface area contributed by atoms with E-state index in [1.165, 1.54) is 0 Å². The Bertz CT molecular complexity index is 125. The maximum absolute atomic E-state index is 9.29. The van der Waals surface area contributed by atoms with Gasteiger partial charge in [0.15, 0.2) is 0 Å². The van der Waals surface area contributed by atoms with Crippen molar-refractivity contribution in [1.82, 2.24) is 4.31 Å². The summed E-state index contributed by atoms with van der Waals surface area (Å²) in [7, 11) is -2.40. The zero-order valence-corrected chi connectivity index (χ0v) is 7.90. The summed E-state index contributed by atoms with van der Waals surface area (Å²) in [6.07, 6.45) is 0.877. The van der Waals surface area contributed by atoms with Crippen LogP contribution < -0.4 is 5.73 Å². The third kappa shape index (κ3) is 2.77. The fraction of sp³-hybridized carbons (Fsp3) is 1.00. The molecular weight excluding hydrogens is 188 g/mol. The Labute approximate surface area is 74.6 Å². The molecule has 0 aliphatic carbocycles. The van der Waals surface area contributed by atoms with E-state index in [1.807, 2.05) is 0 Å². The molecule has 4 nitrogen and oxygen atoms in total. The predicted molar refractivity (Wildman–Crippen MR) is 50.2 cm³/mol. The van der Waals surface area contributed by atoms with Crippen LogP contribution in [0.4, 0.5) is 0 Å². The molecule has 1 fully saturated rings. The fourth-order valence-electron chi connectivity index (χ4n) is 1.11. The third-order valence-electron chi connectivity index (χ3n) is 1.62. The van der Waals surface area contributed by atoms with Gasteiger partial charge in [0.05, 0.1) is 5.75 Å². The van der Waals surface area contributed by atoms with Gasteiger partial charge >= 0.3 is 0 Å². The summed E-state index contributed by atoms with van der Waals surface area (Å²) in [6.45, 7) is 1.87. The minimum atomic E-state index is -2.40. The van der Waals surface area contributed by atoms with Crippen molar-refractivity contribution in [3.63, 3.8) is 0 Å². The molecule has 70 valence electrons. The van der Waals surface area contributed by atoms with Crippen LogP contribution in [0.5, 0.6) is 0 Å².